The Morgan fingerprint density at radius 1 is 1.18 bits per heavy atom. The van der Waals surface area contributed by atoms with Crippen LogP contribution in [0.3, 0.4) is 0 Å². The average molecular weight is 471 g/mol. The summed E-state index contributed by atoms with van der Waals surface area (Å²) in [5.41, 5.74) is 2.50. The summed E-state index contributed by atoms with van der Waals surface area (Å²) in [5, 5.41) is 3.71. The van der Waals surface area contributed by atoms with Crippen LogP contribution in [-0.2, 0) is 9.53 Å². The molecule has 0 saturated heterocycles. The van der Waals surface area contributed by atoms with Crippen molar-refractivity contribution < 1.29 is 28.5 Å². The maximum absolute atomic E-state index is 13.0. The molecule has 8 nitrogen and oxygen atoms in total. The first-order valence-electron chi connectivity index (χ1n) is 10.6. The predicted octanol–water partition coefficient (Wildman–Crippen LogP) is 3.75. The molecule has 33 heavy (non-hydrogen) atoms. The van der Waals surface area contributed by atoms with Gasteiger partial charge in [0.25, 0.3) is 0 Å². The first kappa shape index (κ1) is 22.7. The van der Waals surface area contributed by atoms with E-state index in [1.807, 2.05) is 50.2 Å². The number of nitrogens with zero attached hydrogens (tertiary/aromatic N) is 1. The van der Waals surface area contributed by atoms with Crippen molar-refractivity contribution in [2.24, 2.45) is 0 Å². The second-order valence-electron chi connectivity index (χ2n) is 7.35. The van der Waals surface area contributed by atoms with Crippen molar-refractivity contribution in [3.05, 3.63) is 53.2 Å². The quantitative estimate of drug-likeness (QED) is 0.502. The van der Waals surface area contributed by atoms with Gasteiger partial charge in [-0.25, -0.2) is 4.79 Å². The maximum atomic E-state index is 13.0. The highest BCUT2D eigenvalue weighted by molar-refractivity contribution is 7.80. The number of rotatable bonds is 6. The van der Waals surface area contributed by atoms with E-state index in [-0.39, 0.29) is 0 Å². The summed E-state index contributed by atoms with van der Waals surface area (Å²) >= 11 is 5.74. The number of nitrogens with one attached hydrogen (secondary N) is 1. The van der Waals surface area contributed by atoms with Crippen LogP contribution in [0.4, 0.5) is 5.69 Å². The Labute approximate surface area is 198 Å². The topological polar surface area (TPSA) is 78.5 Å². The summed E-state index contributed by atoms with van der Waals surface area (Å²) in [6, 6.07) is 10.5. The van der Waals surface area contributed by atoms with E-state index < -0.39 is 12.0 Å². The number of fused-ring (bicyclic) bond motifs is 1. The van der Waals surface area contributed by atoms with E-state index in [9.17, 15) is 4.79 Å². The van der Waals surface area contributed by atoms with Gasteiger partial charge in [0.1, 0.15) is 13.2 Å². The Morgan fingerprint density at radius 3 is 2.64 bits per heavy atom. The van der Waals surface area contributed by atoms with Gasteiger partial charge in [0, 0.05) is 17.3 Å². The fraction of sp³-hybridized carbons (Fsp3) is 0.333. The number of esters is 1. The van der Waals surface area contributed by atoms with Crippen LogP contribution in [-0.4, -0.2) is 45.1 Å². The molecule has 0 bridgehead atoms. The zero-order valence-electron chi connectivity index (χ0n) is 19.0. The SMILES string of the molecule is CCOc1cccc([C@H]2NC(=S)N(c3ccc4c(c3)OCCO4)C(C)=C2C(=O)OC)c1OC. The van der Waals surface area contributed by atoms with Gasteiger partial charge in [-0.1, -0.05) is 12.1 Å². The van der Waals surface area contributed by atoms with Gasteiger partial charge in [-0.2, -0.15) is 0 Å². The smallest absolute Gasteiger partial charge is 0.337 e. The Morgan fingerprint density at radius 2 is 1.94 bits per heavy atom. The molecule has 1 N–H and O–H groups in total. The highest BCUT2D eigenvalue weighted by Crippen LogP contribution is 2.42. The summed E-state index contributed by atoms with van der Waals surface area (Å²) in [4.78, 5) is 14.8. The zero-order chi connectivity index (χ0) is 23.5. The van der Waals surface area contributed by atoms with Gasteiger partial charge in [0.2, 0.25) is 0 Å². The maximum Gasteiger partial charge on any atom is 0.337 e. The van der Waals surface area contributed by atoms with Gasteiger partial charge in [0.15, 0.2) is 28.1 Å². The molecule has 2 aliphatic heterocycles. The first-order valence-corrected chi connectivity index (χ1v) is 11.0. The van der Waals surface area contributed by atoms with Gasteiger partial charge in [0.05, 0.1) is 38.1 Å². The van der Waals surface area contributed by atoms with E-state index in [2.05, 4.69) is 5.32 Å². The van der Waals surface area contributed by atoms with Crippen LogP contribution in [0.15, 0.2) is 47.7 Å². The lowest BCUT2D eigenvalue weighted by Crippen LogP contribution is -2.48. The van der Waals surface area contributed by atoms with Gasteiger partial charge < -0.3 is 29.0 Å². The Kier molecular flexibility index (Phi) is 6.60. The monoisotopic (exact) mass is 470 g/mol. The van der Waals surface area contributed by atoms with Crippen molar-refractivity contribution in [3.63, 3.8) is 0 Å². The van der Waals surface area contributed by atoms with Crippen LogP contribution in [0.2, 0.25) is 0 Å². The van der Waals surface area contributed by atoms with Crippen LogP contribution in [0.25, 0.3) is 0 Å². The number of thiocarbonyl (C=S) groups is 1. The molecule has 2 heterocycles. The molecule has 2 aromatic rings. The van der Waals surface area contributed by atoms with Crippen LogP contribution < -0.4 is 29.2 Å². The molecular formula is C24H26N2O6S. The fourth-order valence-corrected chi connectivity index (χ4v) is 4.44. The van der Waals surface area contributed by atoms with E-state index in [4.69, 9.17) is 35.9 Å². The number of carbonyl (C=O) groups is 1. The molecule has 0 fully saturated rings. The number of ether oxygens (including phenoxy) is 5. The highest BCUT2D eigenvalue weighted by Gasteiger charge is 2.37. The molecule has 1 atom stereocenters. The molecule has 2 aromatic carbocycles. The van der Waals surface area contributed by atoms with Gasteiger partial charge in [-0.3, -0.25) is 4.90 Å². The average Bonchev–Trinajstić information content (AvgIpc) is 2.83. The largest absolute Gasteiger partial charge is 0.492 e. The van der Waals surface area contributed by atoms with Crippen molar-refractivity contribution in [3.8, 4) is 23.0 Å². The normalized spacial score (nSPS) is 17.4. The molecule has 0 aliphatic carbocycles. The number of benzene rings is 2. The van der Waals surface area contributed by atoms with Crippen LogP contribution >= 0.6 is 12.2 Å². The van der Waals surface area contributed by atoms with Crippen molar-refractivity contribution in [2.45, 2.75) is 19.9 Å². The van der Waals surface area contributed by atoms with Crippen LogP contribution in [0, 0.1) is 0 Å². The zero-order valence-corrected chi connectivity index (χ0v) is 19.8. The fourth-order valence-electron chi connectivity index (χ4n) is 4.08. The summed E-state index contributed by atoms with van der Waals surface area (Å²) in [6.45, 7) is 5.19. The van der Waals surface area contributed by atoms with Gasteiger partial charge in [-0.05, 0) is 44.3 Å². The van der Waals surface area contributed by atoms with Gasteiger partial charge >= 0.3 is 5.97 Å². The summed E-state index contributed by atoms with van der Waals surface area (Å²) < 4.78 is 27.9. The van der Waals surface area contributed by atoms with E-state index in [0.29, 0.717) is 64.8 Å². The number of para-hydroxylation sites is 1. The van der Waals surface area contributed by atoms with Crippen molar-refractivity contribution in [1.29, 1.82) is 0 Å². The van der Waals surface area contributed by atoms with Gasteiger partial charge in [-0.15, -0.1) is 0 Å². The van der Waals surface area contributed by atoms with E-state index in [1.165, 1.54) is 7.11 Å². The molecule has 0 amide bonds. The summed E-state index contributed by atoms with van der Waals surface area (Å²) in [7, 11) is 2.92. The number of carbonyl (C=O) groups excluding carboxylic acids is 1. The van der Waals surface area contributed by atoms with Crippen LogP contribution in [0.5, 0.6) is 23.0 Å². The van der Waals surface area contributed by atoms with E-state index >= 15 is 0 Å². The molecule has 0 spiro atoms. The molecule has 0 unspecified atom stereocenters. The lowest BCUT2D eigenvalue weighted by atomic mass is 9.93. The number of hydrogen-bond donors (Lipinski definition) is 1. The Balaban J connectivity index is 1.83. The number of anilines is 1. The Hall–Kier alpha value is -3.46. The third-order valence-electron chi connectivity index (χ3n) is 5.50. The first-order chi connectivity index (χ1) is 16.0. The molecule has 0 radical (unpaired) electrons. The van der Waals surface area contributed by atoms with Crippen molar-refractivity contribution >= 4 is 29.0 Å². The minimum absolute atomic E-state index is 0.410. The second kappa shape index (κ2) is 9.58. The summed E-state index contributed by atoms with van der Waals surface area (Å²) in [5.74, 6) is 1.94. The minimum atomic E-state index is -0.589. The van der Waals surface area contributed by atoms with Crippen LogP contribution in [0.1, 0.15) is 25.5 Å². The summed E-state index contributed by atoms with van der Waals surface area (Å²) in [6.07, 6.45) is 0. The molecular weight excluding hydrogens is 444 g/mol. The number of methoxy groups -OCH3 is 2. The number of allylic oxidation sites excluding steroid dienone is 1. The highest BCUT2D eigenvalue weighted by atomic mass is 32.1. The predicted molar refractivity (Wildman–Crippen MR) is 127 cm³/mol. The molecule has 0 aromatic heterocycles. The Bertz CT molecular complexity index is 1120. The van der Waals surface area contributed by atoms with Crippen molar-refractivity contribution in [2.75, 3.05) is 38.9 Å². The lowest BCUT2D eigenvalue weighted by molar-refractivity contribution is -0.136. The van der Waals surface area contributed by atoms with E-state index in [1.54, 1.807) is 12.0 Å². The number of hydrogen-bond acceptors (Lipinski definition) is 7. The molecule has 174 valence electrons. The second-order valence-corrected chi connectivity index (χ2v) is 7.73. The van der Waals surface area contributed by atoms with Crippen molar-refractivity contribution in [1.82, 2.24) is 5.32 Å². The molecule has 0 saturated carbocycles. The van der Waals surface area contributed by atoms with E-state index in [0.717, 1.165) is 5.69 Å². The molecule has 4 rings (SSSR count). The lowest BCUT2D eigenvalue weighted by Gasteiger charge is -2.38. The minimum Gasteiger partial charge on any atom is -0.492 e. The molecule has 2 aliphatic rings. The molecule has 9 heteroatoms. The third-order valence-corrected chi connectivity index (χ3v) is 5.80. The third kappa shape index (κ3) is 4.16. The standard InChI is InChI=1S/C24H26N2O6S/c1-5-30-18-8-6-7-16(22(18)28-3)21-20(23(27)29-4)14(2)26(24(33)25-21)15-9-10-17-19(13-15)32-12-11-31-17/h6-10,13,21H,5,11-12H2,1-4H3,(H,25,33)/t21-/m1/s1.